The van der Waals surface area contributed by atoms with Gasteiger partial charge >= 0.3 is 5.97 Å². The van der Waals surface area contributed by atoms with Crippen molar-refractivity contribution < 1.29 is 19.0 Å². The number of carboxylic acid groups (broad SMARTS) is 1. The number of nitrogens with two attached hydrogens (primary N) is 1. The van der Waals surface area contributed by atoms with Crippen molar-refractivity contribution in [2.24, 2.45) is 11.7 Å². The second kappa shape index (κ2) is 6.43. The minimum Gasteiger partial charge on any atom is -0.492 e. The summed E-state index contributed by atoms with van der Waals surface area (Å²) in [6.07, 6.45) is 10.9. The lowest BCUT2D eigenvalue weighted by Crippen LogP contribution is -2.46. The van der Waals surface area contributed by atoms with Crippen LogP contribution in [0.5, 0.6) is 5.75 Å². The predicted octanol–water partition coefficient (Wildman–Crippen LogP) is 2.44. The molecular weight excluding hydrogens is 389 g/mol. The first-order valence-electron chi connectivity index (χ1n) is 9.92. The Bertz CT molecular complexity index is 1200. The first-order valence-corrected chi connectivity index (χ1v) is 9.92. The third-order valence-corrected chi connectivity index (χ3v) is 6.32. The van der Waals surface area contributed by atoms with Crippen LogP contribution in [0, 0.1) is 11.7 Å². The Labute approximate surface area is 171 Å². The van der Waals surface area contributed by atoms with Gasteiger partial charge in [-0.15, -0.1) is 0 Å². The Morgan fingerprint density at radius 3 is 2.77 bits per heavy atom. The number of halogens is 1. The normalized spacial score (nSPS) is 25.0. The summed E-state index contributed by atoms with van der Waals surface area (Å²) in [4.78, 5) is 26.2. The van der Waals surface area contributed by atoms with Crippen molar-refractivity contribution in [3.8, 4) is 5.75 Å². The van der Waals surface area contributed by atoms with E-state index in [9.17, 15) is 14.7 Å². The van der Waals surface area contributed by atoms with E-state index in [-0.39, 0.29) is 34.3 Å². The molecule has 1 aromatic carbocycles. The van der Waals surface area contributed by atoms with Gasteiger partial charge in [-0.25, -0.2) is 9.18 Å². The van der Waals surface area contributed by atoms with Crippen molar-refractivity contribution in [2.75, 3.05) is 25.1 Å². The summed E-state index contributed by atoms with van der Waals surface area (Å²) in [7, 11) is 1.44. The summed E-state index contributed by atoms with van der Waals surface area (Å²) in [6.45, 7) is 0.912. The Morgan fingerprint density at radius 1 is 1.37 bits per heavy atom. The zero-order valence-electron chi connectivity index (χ0n) is 16.5. The number of rotatable bonds is 4. The zero-order valence-corrected chi connectivity index (χ0v) is 16.5. The maximum Gasteiger partial charge on any atom is 0.341 e. The van der Waals surface area contributed by atoms with Crippen LogP contribution in [0.25, 0.3) is 10.9 Å². The molecule has 1 aromatic heterocycles. The summed E-state index contributed by atoms with van der Waals surface area (Å²) in [5.74, 6) is -1.69. The molecule has 2 unspecified atom stereocenters. The van der Waals surface area contributed by atoms with Crippen LogP contribution in [0.3, 0.4) is 0 Å². The van der Waals surface area contributed by atoms with Crippen molar-refractivity contribution in [3.63, 3.8) is 0 Å². The number of pyridine rings is 1. The number of allylic oxidation sites excluding steroid dienone is 2. The number of benzene rings is 1. The van der Waals surface area contributed by atoms with E-state index in [0.29, 0.717) is 18.6 Å². The van der Waals surface area contributed by atoms with Gasteiger partial charge in [-0.05, 0) is 18.9 Å². The lowest BCUT2D eigenvalue weighted by atomic mass is 9.85. The standard InChI is InChI=1S/C22H22FN3O4/c1-30-20-17-14(19(27)15(21(28)29)10-26(17)13-5-6-13)8-16(23)18(20)25-9-12-4-2-3-7-22(12,24)11-25/h2-4,7-8,10,12-13H,5-6,9,11,24H2,1H3,(H,28,29). The van der Waals surface area contributed by atoms with Crippen LogP contribution in [-0.4, -0.2) is 41.4 Å². The van der Waals surface area contributed by atoms with Crippen molar-refractivity contribution in [2.45, 2.75) is 24.4 Å². The van der Waals surface area contributed by atoms with Gasteiger partial charge in [0.25, 0.3) is 0 Å². The van der Waals surface area contributed by atoms with Gasteiger partial charge in [0.1, 0.15) is 11.3 Å². The average Bonchev–Trinajstić information content (AvgIpc) is 3.48. The van der Waals surface area contributed by atoms with Crippen molar-refractivity contribution in [1.82, 2.24) is 4.57 Å². The fraction of sp³-hybridized carbons (Fsp3) is 0.364. The first kappa shape index (κ1) is 18.9. The smallest absolute Gasteiger partial charge is 0.341 e. The van der Waals surface area contributed by atoms with E-state index >= 15 is 4.39 Å². The predicted molar refractivity (Wildman–Crippen MR) is 111 cm³/mol. The van der Waals surface area contributed by atoms with Crippen LogP contribution < -0.4 is 20.8 Å². The van der Waals surface area contributed by atoms with Crippen LogP contribution >= 0.6 is 0 Å². The molecular formula is C22H22FN3O4. The van der Waals surface area contributed by atoms with Crippen LogP contribution in [0.1, 0.15) is 29.2 Å². The summed E-state index contributed by atoms with van der Waals surface area (Å²) in [6, 6.07) is 1.20. The van der Waals surface area contributed by atoms with Crippen LogP contribution in [0.4, 0.5) is 10.1 Å². The van der Waals surface area contributed by atoms with E-state index < -0.39 is 22.8 Å². The van der Waals surface area contributed by atoms with E-state index in [2.05, 4.69) is 0 Å². The SMILES string of the molecule is COc1c(N2CC3C=CC=CC3(N)C2)c(F)cc2c(=O)c(C(=O)O)cn(C3CC3)c12. The number of carboxylic acids is 1. The molecule has 0 amide bonds. The molecule has 0 spiro atoms. The molecule has 1 aliphatic heterocycles. The molecule has 3 aliphatic rings. The molecule has 2 atom stereocenters. The van der Waals surface area contributed by atoms with Gasteiger partial charge in [-0.3, -0.25) is 4.79 Å². The number of carbonyl (C=O) groups is 1. The highest BCUT2D eigenvalue weighted by molar-refractivity contribution is 5.97. The highest BCUT2D eigenvalue weighted by Gasteiger charge is 2.43. The van der Waals surface area contributed by atoms with E-state index in [4.69, 9.17) is 10.5 Å². The molecule has 2 heterocycles. The molecule has 0 radical (unpaired) electrons. The second-order valence-corrected chi connectivity index (χ2v) is 8.30. The minimum atomic E-state index is -1.33. The lowest BCUT2D eigenvalue weighted by molar-refractivity contribution is 0.0695. The first-order chi connectivity index (χ1) is 14.3. The molecule has 30 heavy (non-hydrogen) atoms. The van der Waals surface area contributed by atoms with Crippen LogP contribution in [0.15, 0.2) is 41.4 Å². The molecule has 2 aliphatic carbocycles. The number of aromatic nitrogens is 1. The zero-order chi connectivity index (χ0) is 21.2. The summed E-state index contributed by atoms with van der Waals surface area (Å²) in [5, 5.41) is 9.46. The van der Waals surface area contributed by atoms with Gasteiger partial charge in [-0.1, -0.05) is 24.3 Å². The molecule has 2 fully saturated rings. The van der Waals surface area contributed by atoms with E-state index in [0.717, 1.165) is 18.9 Å². The molecule has 5 rings (SSSR count). The highest BCUT2D eigenvalue weighted by Crippen LogP contribution is 2.45. The van der Waals surface area contributed by atoms with E-state index in [1.54, 1.807) is 4.57 Å². The molecule has 0 bridgehead atoms. The Hall–Kier alpha value is -3.13. The van der Waals surface area contributed by atoms with Crippen molar-refractivity contribution in [3.05, 3.63) is 58.2 Å². The number of methoxy groups -OCH3 is 1. The number of nitrogens with zero attached hydrogens (tertiary/aromatic N) is 2. The summed E-state index contributed by atoms with van der Waals surface area (Å²) >= 11 is 0. The fourth-order valence-electron chi connectivity index (χ4n) is 4.66. The number of hydrogen-bond donors (Lipinski definition) is 2. The topological polar surface area (TPSA) is 97.8 Å². The average molecular weight is 411 g/mol. The van der Waals surface area contributed by atoms with E-state index in [1.165, 1.54) is 13.3 Å². The molecule has 8 heteroatoms. The van der Waals surface area contributed by atoms with Gasteiger partial charge in [0.2, 0.25) is 5.43 Å². The largest absolute Gasteiger partial charge is 0.492 e. The number of anilines is 1. The fourth-order valence-corrected chi connectivity index (χ4v) is 4.66. The monoisotopic (exact) mass is 411 g/mol. The Morgan fingerprint density at radius 2 is 2.13 bits per heavy atom. The maximum atomic E-state index is 15.4. The van der Waals surface area contributed by atoms with Crippen LogP contribution in [-0.2, 0) is 0 Å². The third-order valence-electron chi connectivity index (χ3n) is 6.32. The highest BCUT2D eigenvalue weighted by atomic mass is 19.1. The summed E-state index contributed by atoms with van der Waals surface area (Å²) in [5.41, 5.74) is 5.54. The number of ether oxygens (including phenoxy) is 1. The number of hydrogen-bond acceptors (Lipinski definition) is 5. The van der Waals surface area contributed by atoms with Gasteiger partial charge in [0.05, 0.1) is 23.6 Å². The van der Waals surface area contributed by atoms with Crippen molar-refractivity contribution in [1.29, 1.82) is 0 Å². The van der Waals surface area contributed by atoms with E-state index in [1.807, 2.05) is 29.2 Å². The Balaban J connectivity index is 1.76. The molecule has 156 valence electrons. The molecule has 1 saturated carbocycles. The second-order valence-electron chi connectivity index (χ2n) is 8.30. The van der Waals surface area contributed by atoms with Crippen molar-refractivity contribution >= 4 is 22.6 Å². The number of aromatic carboxylic acids is 1. The molecule has 2 aromatic rings. The Kier molecular flexibility index (Phi) is 4.05. The van der Waals surface area contributed by atoms with Gasteiger partial charge in [-0.2, -0.15) is 0 Å². The molecule has 3 N–H and O–H groups in total. The quantitative estimate of drug-likeness (QED) is 0.802. The maximum absolute atomic E-state index is 15.4. The lowest BCUT2D eigenvalue weighted by Gasteiger charge is -2.27. The van der Waals surface area contributed by atoms with Gasteiger partial charge < -0.3 is 25.0 Å². The van der Waals surface area contributed by atoms with Crippen LogP contribution in [0.2, 0.25) is 0 Å². The minimum absolute atomic E-state index is 0.0127. The van der Waals surface area contributed by atoms with Gasteiger partial charge in [0.15, 0.2) is 11.6 Å². The molecule has 1 saturated heterocycles. The summed E-state index contributed by atoms with van der Waals surface area (Å²) < 4.78 is 22.8. The van der Waals surface area contributed by atoms with Gasteiger partial charge in [0, 0.05) is 31.2 Å². The molecule has 7 nitrogen and oxygen atoms in total. The third kappa shape index (κ3) is 2.67. The number of fused-ring (bicyclic) bond motifs is 2.